The first-order valence-corrected chi connectivity index (χ1v) is 5.78. The minimum atomic E-state index is -0.0965. The number of nitrogens with one attached hydrogen (secondary N) is 1. The summed E-state index contributed by atoms with van der Waals surface area (Å²) in [5.74, 6) is 0. The average molecular weight is 198 g/mol. The van der Waals surface area contributed by atoms with E-state index in [1.165, 1.54) is 19.4 Å². The Labute approximate surface area is 86.8 Å². The maximum atomic E-state index is 5.85. The number of likely N-dealkylation sites (tertiary alicyclic amines) is 1. The molecular formula is C11H22N2O. The van der Waals surface area contributed by atoms with E-state index in [1.54, 1.807) is 0 Å². The lowest BCUT2D eigenvalue weighted by Gasteiger charge is -2.38. The minimum absolute atomic E-state index is 0.0965. The minimum Gasteiger partial charge on any atom is -0.358 e. The molecule has 0 radical (unpaired) electrons. The topological polar surface area (TPSA) is 24.5 Å². The zero-order valence-electron chi connectivity index (χ0n) is 9.55. The summed E-state index contributed by atoms with van der Waals surface area (Å²) in [5.41, 5.74) is -0.0965. The SMILES string of the molecule is CC(C)N1CCCC1C1(C)NCCO1. The molecule has 2 unspecified atom stereocenters. The van der Waals surface area contributed by atoms with Crippen molar-refractivity contribution in [2.75, 3.05) is 19.7 Å². The van der Waals surface area contributed by atoms with Crippen molar-refractivity contribution in [1.29, 1.82) is 0 Å². The summed E-state index contributed by atoms with van der Waals surface area (Å²) in [7, 11) is 0. The molecule has 2 saturated heterocycles. The Morgan fingerprint density at radius 2 is 2.29 bits per heavy atom. The van der Waals surface area contributed by atoms with Crippen LogP contribution in [-0.2, 0) is 4.74 Å². The molecule has 0 saturated carbocycles. The Balaban J connectivity index is 2.08. The third-order valence-electron chi connectivity index (χ3n) is 3.57. The number of rotatable bonds is 2. The number of ether oxygens (including phenoxy) is 1. The highest BCUT2D eigenvalue weighted by molar-refractivity contribution is 4.96. The van der Waals surface area contributed by atoms with Crippen molar-refractivity contribution in [3.63, 3.8) is 0 Å². The molecule has 2 rings (SSSR count). The molecule has 2 aliphatic rings. The Morgan fingerprint density at radius 1 is 1.50 bits per heavy atom. The van der Waals surface area contributed by atoms with E-state index in [1.807, 2.05) is 0 Å². The van der Waals surface area contributed by atoms with Crippen LogP contribution in [0, 0.1) is 0 Å². The van der Waals surface area contributed by atoms with Gasteiger partial charge in [0, 0.05) is 12.6 Å². The van der Waals surface area contributed by atoms with Gasteiger partial charge in [0.05, 0.1) is 12.6 Å². The van der Waals surface area contributed by atoms with Gasteiger partial charge < -0.3 is 4.74 Å². The van der Waals surface area contributed by atoms with E-state index in [-0.39, 0.29) is 5.72 Å². The maximum absolute atomic E-state index is 5.85. The summed E-state index contributed by atoms with van der Waals surface area (Å²) in [6.07, 6.45) is 2.57. The molecule has 0 bridgehead atoms. The number of nitrogens with zero attached hydrogens (tertiary/aromatic N) is 1. The summed E-state index contributed by atoms with van der Waals surface area (Å²) >= 11 is 0. The largest absolute Gasteiger partial charge is 0.358 e. The monoisotopic (exact) mass is 198 g/mol. The van der Waals surface area contributed by atoms with Crippen LogP contribution in [0.5, 0.6) is 0 Å². The zero-order chi connectivity index (χ0) is 10.2. The van der Waals surface area contributed by atoms with Gasteiger partial charge in [0.2, 0.25) is 0 Å². The van der Waals surface area contributed by atoms with Gasteiger partial charge in [-0.15, -0.1) is 0 Å². The molecule has 2 atom stereocenters. The Kier molecular flexibility index (Phi) is 2.82. The fraction of sp³-hybridized carbons (Fsp3) is 1.00. The quantitative estimate of drug-likeness (QED) is 0.721. The fourth-order valence-corrected chi connectivity index (χ4v) is 2.83. The van der Waals surface area contributed by atoms with Crippen LogP contribution in [0.4, 0.5) is 0 Å². The highest BCUT2D eigenvalue weighted by Gasteiger charge is 2.44. The van der Waals surface area contributed by atoms with E-state index in [0.29, 0.717) is 12.1 Å². The first-order chi connectivity index (χ1) is 6.63. The van der Waals surface area contributed by atoms with Gasteiger partial charge >= 0.3 is 0 Å². The van der Waals surface area contributed by atoms with Crippen molar-refractivity contribution in [3.05, 3.63) is 0 Å². The second-order valence-corrected chi connectivity index (χ2v) is 4.87. The van der Waals surface area contributed by atoms with Crippen LogP contribution in [0.2, 0.25) is 0 Å². The summed E-state index contributed by atoms with van der Waals surface area (Å²) in [5, 5.41) is 3.50. The molecule has 14 heavy (non-hydrogen) atoms. The van der Waals surface area contributed by atoms with E-state index < -0.39 is 0 Å². The van der Waals surface area contributed by atoms with Gasteiger partial charge in [-0.1, -0.05) is 0 Å². The summed E-state index contributed by atoms with van der Waals surface area (Å²) in [4.78, 5) is 2.57. The normalized spacial score (nSPS) is 39.9. The van der Waals surface area contributed by atoms with Crippen molar-refractivity contribution in [3.8, 4) is 0 Å². The standard InChI is InChI=1S/C11H22N2O/c1-9(2)13-7-4-5-10(13)11(3)12-6-8-14-11/h9-10,12H,4-8H2,1-3H3. The van der Waals surface area contributed by atoms with Crippen LogP contribution in [0.3, 0.4) is 0 Å². The van der Waals surface area contributed by atoms with E-state index in [4.69, 9.17) is 4.74 Å². The summed E-state index contributed by atoms with van der Waals surface area (Å²) in [6, 6.07) is 1.19. The third kappa shape index (κ3) is 1.69. The molecule has 2 fully saturated rings. The van der Waals surface area contributed by atoms with Gasteiger partial charge in [0.25, 0.3) is 0 Å². The van der Waals surface area contributed by atoms with Crippen LogP contribution in [-0.4, -0.2) is 42.4 Å². The Hall–Kier alpha value is -0.120. The Bertz CT molecular complexity index is 199. The second-order valence-electron chi connectivity index (χ2n) is 4.87. The average Bonchev–Trinajstić information content (AvgIpc) is 2.71. The van der Waals surface area contributed by atoms with Crippen LogP contribution in [0.15, 0.2) is 0 Å². The lowest BCUT2D eigenvalue weighted by atomic mass is 10.0. The fourth-order valence-electron chi connectivity index (χ4n) is 2.83. The smallest absolute Gasteiger partial charge is 0.132 e. The molecular weight excluding hydrogens is 176 g/mol. The predicted molar refractivity (Wildman–Crippen MR) is 57.2 cm³/mol. The Morgan fingerprint density at radius 3 is 2.86 bits per heavy atom. The molecule has 2 aliphatic heterocycles. The number of hydrogen-bond donors (Lipinski definition) is 1. The van der Waals surface area contributed by atoms with E-state index >= 15 is 0 Å². The van der Waals surface area contributed by atoms with Crippen molar-refractivity contribution < 1.29 is 4.74 Å². The van der Waals surface area contributed by atoms with Crippen LogP contribution in [0.25, 0.3) is 0 Å². The lowest BCUT2D eigenvalue weighted by molar-refractivity contribution is -0.0603. The number of hydrogen-bond acceptors (Lipinski definition) is 3. The van der Waals surface area contributed by atoms with Gasteiger partial charge in [0.15, 0.2) is 0 Å². The van der Waals surface area contributed by atoms with Gasteiger partial charge in [-0.05, 0) is 40.2 Å². The molecule has 0 aliphatic carbocycles. The lowest BCUT2D eigenvalue weighted by Crippen LogP contribution is -2.56. The van der Waals surface area contributed by atoms with Crippen LogP contribution in [0.1, 0.15) is 33.6 Å². The first-order valence-electron chi connectivity index (χ1n) is 5.78. The molecule has 3 nitrogen and oxygen atoms in total. The van der Waals surface area contributed by atoms with E-state index in [0.717, 1.165) is 13.2 Å². The van der Waals surface area contributed by atoms with Crippen molar-refractivity contribution >= 4 is 0 Å². The van der Waals surface area contributed by atoms with E-state index in [9.17, 15) is 0 Å². The second kappa shape index (κ2) is 3.80. The van der Waals surface area contributed by atoms with Gasteiger partial charge in [-0.25, -0.2) is 0 Å². The van der Waals surface area contributed by atoms with E-state index in [2.05, 4.69) is 31.0 Å². The van der Waals surface area contributed by atoms with Crippen molar-refractivity contribution in [2.24, 2.45) is 0 Å². The zero-order valence-corrected chi connectivity index (χ0v) is 9.55. The predicted octanol–water partition coefficient (Wildman–Crippen LogP) is 1.20. The van der Waals surface area contributed by atoms with Gasteiger partial charge in [-0.2, -0.15) is 0 Å². The molecule has 0 aromatic carbocycles. The third-order valence-corrected chi connectivity index (χ3v) is 3.57. The molecule has 0 amide bonds. The van der Waals surface area contributed by atoms with Crippen LogP contribution >= 0.6 is 0 Å². The maximum Gasteiger partial charge on any atom is 0.132 e. The highest BCUT2D eigenvalue weighted by atomic mass is 16.5. The molecule has 82 valence electrons. The van der Waals surface area contributed by atoms with Crippen LogP contribution < -0.4 is 5.32 Å². The molecule has 2 heterocycles. The molecule has 0 spiro atoms. The molecule has 0 aromatic rings. The van der Waals surface area contributed by atoms with Gasteiger partial charge in [0.1, 0.15) is 5.72 Å². The van der Waals surface area contributed by atoms with Gasteiger partial charge in [-0.3, -0.25) is 10.2 Å². The molecule has 1 N–H and O–H groups in total. The highest BCUT2D eigenvalue weighted by Crippen LogP contribution is 2.31. The first kappa shape index (κ1) is 10.4. The molecule has 3 heteroatoms. The molecule has 0 aromatic heterocycles. The summed E-state index contributed by atoms with van der Waals surface area (Å²) < 4.78 is 5.85. The summed E-state index contributed by atoms with van der Waals surface area (Å²) in [6.45, 7) is 9.83. The van der Waals surface area contributed by atoms with Crippen molar-refractivity contribution in [2.45, 2.75) is 51.4 Å². The van der Waals surface area contributed by atoms with Crippen molar-refractivity contribution in [1.82, 2.24) is 10.2 Å².